The molecule has 0 rings (SSSR count). The molecule has 0 saturated heterocycles. The van der Waals surface area contributed by atoms with E-state index in [2.05, 4.69) is -0.00761 Å². The zero-order valence-corrected chi connectivity index (χ0v) is 6.92. The summed E-state index contributed by atoms with van der Waals surface area (Å²) in [7, 11) is 0. The third-order valence-corrected chi connectivity index (χ3v) is 0. The average molecular weight is 165 g/mol. The van der Waals surface area contributed by atoms with Gasteiger partial charge in [-0.05, 0) is 0 Å². The van der Waals surface area contributed by atoms with Gasteiger partial charge in [-0.15, -0.1) is 0 Å². The van der Waals surface area contributed by atoms with E-state index in [1.54, 1.807) is 0 Å². The second-order valence-corrected chi connectivity index (χ2v) is 0. The van der Waals surface area contributed by atoms with Crippen LogP contribution in [0.1, 0.15) is 0 Å². The first-order chi connectivity index (χ1) is 1.00. The predicted octanol–water partition coefficient (Wildman–Crippen LogP) is -1.09. The first-order valence-corrected chi connectivity index (χ1v) is 5.92. The molecule has 0 aliphatic rings. The van der Waals surface area contributed by atoms with Crippen LogP contribution in [0.25, 0.3) is 0 Å². The fourth-order valence-electron chi connectivity index (χ4n) is 0. The number of hydrogen-bond acceptors (Lipinski definition) is 0. The molecule has 0 aliphatic heterocycles. The minimum absolute atomic E-state index is 0. The monoisotopic (exact) mass is 164 g/mol. The zero-order valence-electron chi connectivity index (χ0n) is 2.00. The summed E-state index contributed by atoms with van der Waals surface area (Å²) in [5, 5.41) is 0. The fourth-order valence-corrected chi connectivity index (χ4v) is 0. The summed E-state index contributed by atoms with van der Waals surface area (Å²) in [6, 6.07) is 0. The van der Waals surface area contributed by atoms with Crippen molar-refractivity contribution in [3.63, 3.8) is 0 Å². The van der Waals surface area contributed by atoms with E-state index in [1.807, 2.05) is 0 Å². The van der Waals surface area contributed by atoms with Crippen LogP contribution in [0.5, 0.6) is 0 Å². The van der Waals surface area contributed by atoms with E-state index in [0.29, 0.717) is 0 Å². The Morgan fingerprint density at radius 1 is 1.25 bits per heavy atom. The van der Waals surface area contributed by atoms with Crippen LogP contribution in [0.4, 0.5) is 0 Å². The van der Waals surface area contributed by atoms with Gasteiger partial charge in [0.05, 0.1) is 0 Å². The van der Waals surface area contributed by atoms with Gasteiger partial charge >= 0.3 is 136 Å². The molecule has 0 aromatic rings. The fraction of sp³-hybridized carbons (Fsp3) is 1.00. The summed E-state index contributed by atoms with van der Waals surface area (Å²) in [5.74, 6) is 0. The second kappa shape index (κ2) is 15.7. The Balaban J connectivity index is -0.00000000500. The summed E-state index contributed by atoms with van der Waals surface area (Å²) >= 11 is 0.950. The molecule has 0 fully saturated rings. The van der Waals surface area contributed by atoms with Crippen molar-refractivity contribution in [1.29, 1.82) is 0 Å². The summed E-state index contributed by atoms with van der Waals surface area (Å²) in [6.45, 7) is 0. The van der Waals surface area contributed by atoms with Gasteiger partial charge in [0.2, 0.25) is 0 Å². The molecule has 0 N–H and O–H groups in total. The van der Waals surface area contributed by atoms with Crippen molar-refractivity contribution in [2.45, 2.75) is -0.00761 Å². The normalized spacial score (nSPS) is 1.75. The van der Waals surface area contributed by atoms with Gasteiger partial charge in [0.25, 0.3) is 0 Å². The van der Waals surface area contributed by atoms with Gasteiger partial charge in [0, 0.05) is 0 Å². The van der Waals surface area contributed by atoms with Gasteiger partial charge in [-0.2, -0.15) is 0 Å². The van der Waals surface area contributed by atoms with E-state index in [1.165, 1.54) is 0 Å². The average Bonchev–Trinajstić information content (AvgIpc) is 1.00. The SMILES string of the molecule is [CH3][Rb].[KH].[NaH]. The molecule has 0 aliphatic carbocycles. The van der Waals surface area contributed by atoms with Gasteiger partial charge in [0.1, 0.15) is 0 Å². The molecule has 0 unspecified atom stereocenters. The van der Waals surface area contributed by atoms with E-state index in [-0.39, 0.29) is 80.9 Å². The van der Waals surface area contributed by atoms with E-state index < -0.39 is 0 Å². The van der Waals surface area contributed by atoms with E-state index in [4.69, 9.17) is 0 Å². The molecule has 0 nitrogen and oxygen atoms in total. The summed E-state index contributed by atoms with van der Waals surface area (Å²) < 4.78 is 2.21. The Hall–Kier alpha value is 4.44. The van der Waals surface area contributed by atoms with Crippen molar-refractivity contribution in [1.82, 2.24) is 0 Å². The van der Waals surface area contributed by atoms with Crippen molar-refractivity contribution in [2.24, 2.45) is 0 Å². The van der Waals surface area contributed by atoms with E-state index in [9.17, 15) is 0 Å². The van der Waals surface area contributed by atoms with Gasteiger partial charge in [-0.1, -0.05) is 0 Å². The van der Waals surface area contributed by atoms with Gasteiger partial charge in [-0.3, -0.25) is 0 Å². The Bertz CT molecular complexity index is 8.00. The standard InChI is InChI=1S/CH3.K.Na.Rb.2H/h1H3;;;;;. The molecule has 0 bridgehead atoms. The molecular formula is CH5KNaRb. The molecule has 0 amide bonds. The van der Waals surface area contributed by atoms with Crippen LogP contribution in [-0.4, -0.2) is 136 Å². The molecule has 3 heteroatoms. The predicted molar refractivity (Wildman–Crippen MR) is 25.9 cm³/mol. The molecule has 0 aromatic heterocycles. The molecule has 0 atom stereocenters. The van der Waals surface area contributed by atoms with Crippen molar-refractivity contribution >= 4 is 136 Å². The summed E-state index contributed by atoms with van der Waals surface area (Å²) in [5.41, 5.74) is 0. The van der Waals surface area contributed by atoms with Crippen LogP contribution in [-0.2, 0) is 0 Å². The van der Waals surface area contributed by atoms with Crippen LogP contribution < -0.4 is 0 Å². The van der Waals surface area contributed by atoms with Crippen molar-refractivity contribution in [2.75, 3.05) is 0 Å². The number of rotatable bonds is 0. The van der Waals surface area contributed by atoms with E-state index >= 15 is 0 Å². The molecule has 4 heavy (non-hydrogen) atoms. The van der Waals surface area contributed by atoms with Gasteiger partial charge < -0.3 is 0 Å². The van der Waals surface area contributed by atoms with Crippen molar-refractivity contribution in [3.05, 3.63) is 0 Å². The van der Waals surface area contributed by atoms with Gasteiger partial charge in [0.15, 0.2) is 0 Å². The number of hydrogen-bond donors (Lipinski definition) is 0. The van der Waals surface area contributed by atoms with Crippen LogP contribution >= 0.6 is 0 Å². The van der Waals surface area contributed by atoms with Gasteiger partial charge in [-0.25, -0.2) is 0 Å². The minimum atomic E-state index is 0. The molecule has 12 valence electrons. The third kappa shape index (κ3) is 9.67. The summed E-state index contributed by atoms with van der Waals surface area (Å²) in [6.07, 6.45) is 0. The topological polar surface area (TPSA) is 0 Å². The van der Waals surface area contributed by atoms with Crippen LogP contribution in [0, 0.1) is 0 Å². The Morgan fingerprint density at radius 2 is 1.25 bits per heavy atom. The maximum absolute atomic E-state index is 2.21. The third-order valence-electron chi connectivity index (χ3n) is 0. The molecule has 0 saturated carbocycles. The quantitative estimate of drug-likeness (QED) is 0.399. The molecule has 0 radical (unpaired) electrons. The van der Waals surface area contributed by atoms with Crippen LogP contribution in [0.15, 0.2) is 0 Å². The Labute approximate surface area is 131 Å². The van der Waals surface area contributed by atoms with Crippen molar-refractivity contribution < 1.29 is 0 Å². The Morgan fingerprint density at radius 3 is 1.25 bits per heavy atom. The molecule has 0 aromatic carbocycles. The first-order valence-electron chi connectivity index (χ1n) is 1.00. The molecular weight excluding hydrogens is 160 g/mol. The second-order valence-electron chi connectivity index (χ2n) is 0. The summed E-state index contributed by atoms with van der Waals surface area (Å²) in [4.78, 5) is 0. The zero-order chi connectivity index (χ0) is 2.00. The van der Waals surface area contributed by atoms with Crippen molar-refractivity contribution in [3.8, 4) is 0 Å². The maximum atomic E-state index is 2.21. The van der Waals surface area contributed by atoms with Crippen LogP contribution in [0.2, 0.25) is -0.00761 Å². The first kappa shape index (κ1) is 15.8. The van der Waals surface area contributed by atoms with Crippen LogP contribution in [0.3, 0.4) is 0 Å². The molecule has 0 spiro atoms. The Kier molecular flexibility index (Phi) is 61.8. The van der Waals surface area contributed by atoms with E-state index in [0.717, 1.165) is 55.5 Å². The molecule has 0 heterocycles.